The monoisotopic (exact) mass is 271 g/mol. The standard InChI is InChI=1S/C15H11F2N3/c1-18-15-13-7-9(2-3-14(13)19-20-15)4-10-5-11(16)8-12(17)6-10/h2-3,5-8H,1,4H2,(H,19,20). The van der Waals surface area contributed by atoms with Gasteiger partial charge in [0.25, 0.3) is 0 Å². The molecule has 0 aliphatic rings. The van der Waals surface area contributed by atoms with Gasteiger partial charge in [-0.2, -0.15) is 5.10 Å². The summed E-state index contributed by atoms with van der Waals surface area (Å²) in [4.78, 5) is 3.82. The van der Waals surface area contributed by atoms with Crippen molar-refractivity contribution in [2.24, 2.45) is 4.99 Å². The van der Waals surface area contributed by atoms with Crippen LogP contribution in [0.25, 0.3) is 10.9 Å². The first-order chi connectivity index (χ1) is 9.65. The molecule has 0 saturated heterocycles. The highest BCUT2D eigenvalue weighted by atomic mass is 19.1. The van der Waals surface area contributed by atoms with Crippen LogP contribution < -0.4 is 0 Å². The Balaban J connectivity index is 1.99. The molecule has 0 aliphatic heterocycles. The van der Waals surface area contributed by atoms with Crippen LogP contribution in [-0.2, 0) is 6.42 Å². The number of benzene rings is 2. The quantitative estimate of drug-likeness (QED) is 0.724. The van der Waals surface area contributed by atoms with Crippen LogP contribution in [0.5, 0.6) is 0 Å². The van der Waals surface area contributed by atoms with Crippen molar-refractivity contribution in [2.75, 3.05) is 0 Å². The van der Waals surface area contributed by atoms with E-state index in [4.69, 9.17) is 0 Å². The molecule has 0 fully saturated rings. The highest BCUT2D eigenvalue weighted by Crippen LogP contribution is 2.24. The molecule has 3 nitrogen and oxygen atoms in total. The number of hydrogen-bond acceptors (Lipinski definition) is 2. The first kappa shape index (κ1) is 12.5. The average Bonchev–Trinajstić information content (AvgIpc) is 2.79. The average molecular weight is 271 g/mol. The summed E-state index contributed by atoms with van der Waals surface area (Å²) in [5, 5.41) is 7.70. The van der Waals surface area contributed by atoms with Crippen molar-refractivity contribution in [1.29, 1.82) is 0 Å². The predicted octanol–water partition coefficient (Wildman–Crippen LogP) is 3.76. The van der Waals surface area contributed by atoms with E-state index in [0.717, 1.165) is 22.5 Å². The Kier molecular flexibility index (Phi) is 3.02. The predicted molar refractivity (Wildman–Crippen MR) is 74.5 cm³/mol. The molecular formula is C15H11F2N3. The Morgan fingerprint density at radius 2 is 1.80 bits per heavy atom. The lowest BCUT2D eigenvalue weighted by atomic mass is 10.0. The Morgan fingerprint density at radius 1 is 1.05 bits per heavy atom. The number of hydrogen-bond donors (Lipinski definition) is 1. The van der Waals surface area contributed by atoms with Gasteiger partial charge in [0.05, 0.1) is 5.52 Å². The molecule has 0 atom stereocenters. The van der Waals surface area contributed by atoms with Crippen LogP contribution in [0.3, 0.4) is 0 Å². The van der Waals surface area contributed by atoms with E-state index in [1.807, 2.05) is 18.2 Å². The van der Waals surface area contributed by atoms with Crippen LogP contribution in [-0.4, -0.2) is 16.9 Å². The van der Waals surface area contributed by atoms with Crippen molar-refractivity contribution in [3.05, 3.63) is 59.2 Å². The molecule has 0 spiro atoms. The Labute approximate surface area is 114 Å². The zero-order valence-electron chi connectivity index (χ0n) is 10.5. The molecule has 100 valence electrons. The third-order valence-electron chi connectivity index (χ3n) is 3.09. The second kappa shape index (κ2) is 4.85. The van der Waals surface area contributed by atoms with E-state index in [-0.39, 0.29) is 0 Å². The van der Waals surface area contributed by atoms with Crippen LogP contribution >= 0.6 is 0 Å². The summed E-state index contributed by atoms with van der Waals surface area (Å²) in [7, 11) is 0. The molecule has 1 N–H and O–H groups in total. The number of nitrogens with zero attached hydrogens (tertiary/aromatic N) is 2. The fourth-order valence-electron chi connectivity index (χ4n) is 2.23. The van der Waals surface area contributed by atoms with Gasteiger partial charge in [0, 0.05) is 11.5 Å². The molecule has 1 aromatic heterocycles. The second-order valence-corrected chi connectivity index (χ2v) is 4.54. The van der Waals surface area contributed by atoms with Crippen LogP contribution in [0, 0.1) is 11.6 Å². The fourth-order valence-corrected chi connectivity index (χ4v) is 2.23. The summed E-state index contributed by atoms with van der Waals surface area (Å²) in [5.41, 5.74) is 2.36. The number of halogens is 2. The number of fused-ring (bicyclic) bond motifs is 1. The molecule has 0 amide bonds. The van der Waals surface area contributed by atoms with E-state index in [2.05, 4.69) is 21.9 Å². The summed E-state index contributed by atoms with van der Waals surface area (Å²) >= 11 is 0. The van der Waals surface area contributed by atoms with E-state index in [1.165, 1.54) is 12.1 Å². The largest absolute Gasteiger partial charge is 0.276 e. The summed E-state index contributed by atoms with van der Waals surface area (Å²) < 4.78 is 26.3. The lowest BCUT2D eigenvalue weighted by molar-refractivity contribution is 0.580. The molecule has 0 unspecified atom stereocenters. The first-order valence-corrected chi connectivity index (χ1v) is 6.04. The minimum Gasteiger partial charge on any atom is -0.276 e. The van der Waals surface area contributed by atoms with Gasteiger partial charge in [-0.05, 0) is 48.5 Å². The lowest BCUT2D eigenvalue weighted by Gasteiger charge is -2.03. The van der Waals surface area contributed by atoms with Crippen molar-refractivity contribution in [2.45, 2.75) is 6.42 Å². The third-order valence-corrected chi connectivity index (χ3v) is 3.09. The molecule has 0 bridgehead atoms. The van der Waals surface area contributed by atoms with Crippen LogP contribution in [0.15, 0.2) is 41.4 Å². The molecular weight excluding hydrogens is 260 g/mol. The number of nitrogens with one attached hydrogen (secondary N) is 1. The van der Waals surface area contributed by atoms with Crippen molar-refractivity contribution < 1.29 is 8.78 Å². The normalized spacial score (nSPS) is 10.9. The molecule has 0 saturated carbocycles. The van der Waals surface area contributed by atoms with E-state index < -0.39 is 11.6 Å². The molecule has 1 heterocycles. The summed E-state index contributed by atoms with van der Waals surface area (Å²) in [6.07, 6.45) is 0.437. The Bertz CT molecular complexity index is 773. The maximum Gasteiger partial charge on any atom is 0.180 e. The van der Waals surface area contributed by atoms with Crippen molar-refractivity contribution in [3.63, 3.8) is 0 Å². The van der Waals surface area contributed by atoms with Crippen LogP contribution in [0.4, 0.5) is 14.6 Å². The number of aromatic nitrogens is 2. The van der Waals surface area contributed by atoms with E-state index in [0.29, 0.717) is 17.8 Å². The van der Waals surface area contributed by atoms with Gasteiger partial charge < -0.3 is 0 Å². The summed E-state index contributed by atoms with van der Waals surface area (Å²) in [6.45, 7) is 3.46. The Hall–Kier alpha value is -2.56. The minimum atomic E-state index is -0.571. The van der Waals surface area contributed by atoms with Gasteiger partial charge in [0.1, 0.15) is 11.6 Å². The summed E-state index contributed by atoms with van der Waals surface area (Å²) in [5.74, 6) is -0.622. The van der Waals surface area contributed by atoms with E-state index >= 15 is 0 Å². The van der Waals surface area contributed by atoms with Gasteiger partial charge in [-0.3, -0.25) is 5.10 Å². The van der Waals surface area contributed by atoms with Crippen molar-refractivity contribution >= 4 is 23.4 Å². The molecule has 3 aromatic rings. The van der Waals surface area contributed by atoms with E-state index in [9.17, 15) is 8.78 Å². The number of rotatable bonds is 3. The topological polar surface area (TPSA) is 41.0 Å². The number of aliphatic imine (C=N–C) groups is 1. The maximum absolute atomic E-state index is 13.2. The van der Waals surface area contributed by atoms with Crippen LogP contribution in [0.1, 0.15) is 11.1 Å². The first-order valence-electron chi connectivity index (χ1n) is 6.04. The van der Waals surface area contributed by atoms with Crippen molar-refractivity contribution in [1.82, 2.24) is 10.2 Å². The van der Waals surface area contributed by atoms with Crippen LogP contribution in [0.2, 0.25) is 0 Å². The molecule has 0 radical (unpaired) electrons. The second-order valence-electron chi connectivity index (χ2n) is 4.54. The van der Waals surface area contributed by atoms with Gasteiger partial charge in [-0.25, -0.2) is 13.8 Å². The highest BCUT2D eigenvalue weighted by Gasteiger charge is 2.06. The zero-order chi connectivity index (χ0) is 14.1. The molecule has 20 heavy (non-hydrogen) atoms. The SMILES string of the molecule is C=Nc1n[nH]c2ccc(Cc3cc(F)cc(F)c3)cc12. The van der Waals surface area contributed by atoms with Gasteiger partial charge in [-0.15, -0.1) is 0 Å². The molecule has 5 heteroatoms. The van der Waals surface area contributed by atoms with Gasteiger partial charge in [0.15, 0.2) is 5.82 Å². The van der Waals surface area contributed by atoms with Gasteiger partial charge in [0.2, 0.25) is 0 Å². The Morgan fingerprint density at radius 3 is 2.50 bits per heavy atom. The summed E-state index contributed by atoms with van der Waals surface area (Å²) in [6, 6.07) is 9.16. The number of H-pyrrole nitrogens is 1. The fraction of sp³-hybridized carbons (Fsp3) is 0.0667. The highest BCUT2D eigenvalue weighted by molar-refractivity contribution is 5.89. The van der Waals surface area contributed by atoms with E-state index in [1.54, 1.807) is 0 Å². The third kappa shape index (κ3) is 2.30. The van der Waals surface area contributed by atoms with Gasteiger partial charge in [-0.1, -0.05) is 6.07 Å². The number of aromatic amines is 1. The molecule has 0 aliphatic carbocycles. The smallest absolute Gasteiger partial charge is 0.180 e. The van der Waals surface area contributed by atoms with Crippen molar-refractivity contribution in [3.8, 4) is 0 Å². The minimum absolute atomic E-state index is 0.437. The molecule has 3 rings (SSSR count). The van der Waals surface area contributed by atoms with Gasteiger partial charge >= 0.3 is 0 Å². The zero-order valence-corrected chi connectivity index (χ0v) is 10.5. The maximum atomic E-state index is 13.2. The lowest BCUT2D eigenvalue weighted by Crippen LogP contribution is -1.91. The molecule has 2 aromatic carbocycles.